The average Bonchev–Trinajstić information content (AvgIpc) is 2.82. The topological polar surface area (TPSA) is 55.8 Å². The molecule has 0 amide bonds. The first-order valence-electron chi connectivity index (χ1n) is 6.29. The van der Waals surface area contributed by atoms with E-state index in [1.165, 1.54) is 0 Å². The lowest BCUT2D eigenvalue weighted by Crippen LogP contribution is -2.10. The van der Waals surface area contributed by atoms with Crippen LogP contribution in [0.5, 0.6) is 17.2 Å². The predicted molar refractivity (Wildman–Crippen MR) is 76.8 cm³/mol. The van der Waals surface area contributed by atoms with Gasteiger partial charge in [-0.05, 0) is 18.2 Å². The Morgan fingerprint density at radius 2 is 2.00 bits per heavy atom. The van der Waals surface area contributed by atoms with Crippen LogP contribution in [0.25, 0.3) is 0 Å². The number of ether oxygens (including phenoxy) is 2. The van der Waals surface area contributed by atoms with Gasteiger partial charge in [0.05, 0.1) is 12.4 Å². The van der Waals surface area contributed by atoms with Gasteiger partial charge < -0.3 is 14.0 Å². The predicted octanol–water partition coefficient (Wildman–Crippen LogP) is 3.18. The summed E-state index contributed by atoms with van der Waals surface area (Å²) < 4.78 is 31.2. The van der Waals surface area contributed by atoms with E-state index in [9.17, 15) is 4.21 Å². The third kappa shape index (κ3) is 2.84. The fraction of sp³-hybridized carbons (Fsp3) is 0.200. The molecule has 1 aliphatic rings. The van der Waals surface area contributed by atoms with Gasteiger partial charge in [-0.2, -0.15) is 0 Å². The highest BCUT2D eigenvalue weighted by atomic mass is 32.2. The summed E-state index contributed by atoms with van der Waals surface area (Å²) in [7, 11) is 0. The van der Waals surface area contributed by atoms with E-state index in [2.05, 4.69) is 0 Å². The first-order valence-corrected chi connectivity index (χ1v) is 7.57. The number of hydrogen-bond donors (Lipinski definition) is 1. The van der Waals surface area contributed by atoms with Gasteiger partial charge in [-0.15, -0.1) is 0 Å². The summed E-state index contributed by atoms with van der Waals surface area (Å²) >= 11 is -1.81. The molecule has 0 fully saturated rings. The lowest BCUT2D eigenvalue weighted by atomic mass is 10.0. The van der Waals surface area contributed by atoms with E-state index in [0.29, 0.717) is 12.4 Å². The number of benzene rings is 2. The zero-order valence-electron chi connectivity index (χ0n) is 10.7. The third-order valence-electron chi connectivity index (χ3n) is 3.19. The largest absolute Gasteiger partial charge is 0.492 e. The third-order valence-corrected chi connectivity index (χ3v) is 3.88. The maximum Gasteiger partial charge on any atom is 0.153 e. The first-order chi connectivity index (χ1) is 9.72. The lowest BCUT2D eigenvalue weighted by molar-refractivity contribution is 0.336. The molecule has 1 heterocycles. The highest BCUT2D eigenvalue weighted by molar-refractivity contribution is 7.79. The van der Waals surface area contributed by atoms with Gasteiger partial charge in [0.15, 0.2) is 11.1 Å². The van der Waals surface area contributed by atoms with Crippen LogP contribution >= 0.6 is 0 Å². The van der Waals surface area contributed by atoms with E-state index >= 15 is 0 Å². The SMILES string of the molecule is O=S(O)CC1COc2cc(Oc3ccccc3)ccc21. The Bertz CT molecular complexity index is 627. The Kier molecular flexibility index (Phi) is 3.71. The number of hydrogen-bond acceptors (Lipinski definition) is 3. The molecule has 2 aromatic rings. The molecule has 0 radical (unpaired) electrons. The van der Waals surface area contributed by atoms with Gasteiger partial charge in [0.2, 0.25) is 0 Å². The van der Waals surface area contributed by atoms with Crippen molar-refractivity contribution in [2.75, 3.05) is 12.4 Å². The number of fused-ring (bicyclic) bond motifs is 1. The lowest BCUT2D eigenvalue weighted by Gasteiger charge is -2.08. The molecular formula is C15H14O4S. The van der Waals surface area contributed by atoms with Gasteiger partial charge in [-0.1, -0.05) is 24.3 Å². The molecule has 2 atom stereocenters. The van der Waals surface area contributed by atoms with Crippen molar-refractivity contribution in [2.45, 2.75) is 5.92 Å². The van der Waals surface area contributed by atoms with E-state index in [4.69, 9.17) is 14.0 Å². The Morgan fingerprint density at radius 1 is 1.20 bits per heavy atom. The average molecular weight is 290 g/mol. The van der Waals surface area contributed by atoms with Gasteiger partial charge in [0.1, 0.15) is 17.2 Å². The smallest absolute Gasteiger partial charge is 0.153 e. The molecule has 0 spiro atoms. The summed E-state index contributed by atoms with van der Waals surface area (Å²) in [4.78, 5) is 0. The zero-order valence-corrected chi connectivity index (χ0v) is 11.5. The molecule has 0 aliphatic carbocycles. The van der Waals surface area contributed by atoms with Crippen molar-refractivity contribution in [1.29, 1.82) is 0 Å². The summed E-state index contributed by atoms with van der Waals surface area (Å²) in [6.07, 6.45) is 0. The second kappa shape index (κ2) is 5.64. The van der Waals surface area contributed by atoms with Gasteiger partial charge in [-0.25, -0.2) is 4.21 Å². The summed E-state index contributed by atoms with van der Waals surface area (Å²) in [6, 6.07) is 15.1. The Hall–Kier alpha value is -1.85. The first kappa shape index (κ1) is 13.1. The molecule has 20 heavy (non-hydrogen) atoms. The normalized spacial score (nSPS) is 18.1. The quantitative estimate of drug-likeness (QED) is 0.879. The van der Waals surface area contributed by atoms with E-state index in [1.54, 1.807) is 0 Å². The monoisotopic (exact) mass is 290 g/mol. The highest BCUT2D eigenvalue weighted by Gasteiger charge is 2.26. The van der Waals surface area contributed by atoms with Crippen LogP contribution in [0.2, 0.25) is 0 Å². The van der Waals surface area contributed by atoms with Crippen LogP contribution in [0.15, 0.2) is 48.5 Å². The molecule has 2 aromatic carbocycles. The van der Waals surface area contributed by atoms with E-state index in [0.717, 1.165) is 17.1 Å². The fourth-order valence-corrected chi connectivity index (χ4v) is 2.88. The molecule has 0 saturated carbocycles. The van der Waals surface area contributed by atoms with E-state index in [1.807, 2.05) is 48.5 Å². The molecule has 0 aromatic heterocycles. The van der Waals surface area contributed by atoms with E-state index in [-0.39, 0.29) is 11.7 Å². The van der Waals surface area contributed by atoms with Gasteiger partial charge in [0, 0.05) is 17.5 Å². The van der Waals surface area contributed by atoms with Crippen molar-refractivity contribution in [3.63, 3.8) is 0 Å². The zero-order chi connectivity index (χ0) is 13.9. The minimum Gasteiger partial charge on any atom is -0.492 e. The minimum absolute atomic E-state index is 0.0263. The summed E-state index contributed by atoms with van der Waals surface area (Å²) in [5.74, 6) is 2.36. The molecular weight excluding hydrogens is 276 g/mol. The fourth-order valence-electron chi connectivity index (χ4n) is 2.26. The standard InChI is InChI=1S/C15H14O4S/c16-20(17)10-11-9-18-15-8-13(6-7-14(11)15)19-12-4-2-1-3-5-12/h1-8,11H,9-10H2,(H,16,17). The second-order valence-electron chi connectivity index (χ2n) is 4.61. The molecule has 0 saturated heterocycles. The summed E-state index contributed by atoms with van der Waals surface area (Å²) in [6.45, 7) is 0.441. The Morgan fingerprint density at radius 3 is 2.75 bits per heavy atom. The maximum atomic E-state index is 10.9. The Balaban J connectivity index is 1.79. The van der Waals surface area contributed by atoms with Gasteiger partial charge >= 0.3 is 0 Å². The number of rotatable bonds is 4. The van der Waals surface area contributed by atoms with Crippen LogP contribution in [0.3, 0.4) is 0 Å². The number of para-hydroxylation sites is 1. The molecule has 2 unspecified atom stereocenters. The van der Waals surface area contributed by atoms with E-state index < -0.39 is 11.1 Å². The molecule has 1 N–H and O–H groups in total. The van der Waals surface area contributed by atoms with Crippen molar-refractivity contribution < 1.29 is 18.2 Å². The molecule has 104 valence electrons. The van der Waals surface area contributed by atoms with Crippen LogP contribution < -0.4 is 9.47 Å². The van der Waals surface area contributed by atoms with Crippen LogP contribution in [0.4, 0.5) is 0 Å². The molecule has 0 bridgehead atoms. The van der Waals surface area contributed by atoms with Crippen molar-refractivity contribution in [3.05, 3.63) is 54.1 Å². The van der Waals surface area contributed by atoms with Gasteiger partial charge in [0.25, 0.3) is 0 Å². The van der Waals surface area contributed by atoms with Crippen molar-refractivity contribution in [3.8, 4) is 17.2 Å². The molecule has 4 nitrogen and oxygen atoms in total. The highest BCUT2D eigenvalue weighted by Crippen LogP contribution is 2.37. The van der Waals surface area contributed by atoms with Crippen molar-refractivity contribution in [2.24, 2.45) is 0 Å². The molecule has 5 heteroatoms. The van der Waals surface area contributed by atoms with Crippen LogP contribution in [0, 0.1) is 0 Å². The molecule has 1 aliphatic heterocycles. The van der Waals surface area contributed by atoms with Crippen molar-refractivity contribution in [1.82, 2.24) is 0 Å². The van der Waals surface area contributed by atoms with Crippen LogP contribution in [0.1, 0.15) is 11.5 Å². The van der Waals surface area contributed by atoms with Gasteiger partial charge in [-0.3, -0.25) is 0 Å². The summed E-state index contributed by atoms with van der Waals surface area (Å²) in [5, 5.41) is 0. The van der Waals surface area contributed by atoms with Crippen LogP contribution in [-0.2, 0) is 11.1 Å². The summed E-state index contributed by atoms with van der Waals surface area (Å²) in [5.41, 5.74) is 0.966. The minimum atomic E-state index is -1.81. The van der Waals surface area contributed by atoms with Crippen LogP contribution in [-0.4, -0.2) is 21.1 Å². The second-order valence-corrected chi connectivity index (χ2v) is 5.59. The van der Waals surface area contributed by atoms with Crippen molar-refractivity contribution >= 4 is 11.1 Å². The molecule has 3 rings (SSSR count). The maximum absolute atomic E-state index is 10.9. The Labute approximate surface area is 119 Å².